The minimum absolute atomic E-state index is 0.0422. The molecule has 0 unspecified atom stereocenters. The van der Waals surface area contributed by atoms with E-state index in [9.17, 15) is 9.59 Å². The second-order valence-corrected chi connectivity index (χ2v) is 7.76. The molecule has 0 bridgehead atoms. The average molecular weight is 396 g/mol. The topological polar surface area (TPSA) is 56.4 Å². The molecule has 1 saturated heterocycles. The lowest BCUT2D eigenvalue weighted by Gasteiger charge is -2.42. The van der Waals surface area contributed by atoms with Crippen molar-refractivity contribution in [1.29, 1.82) is 0 Å². The maximum atomic E-state index is 13.1. The Balaban J connectivity index is 1.57. The van der Waals surface area contributed by atoms with Gasteiger partial charge in [-0.25, -0.2) is 0 Å². The van der Waals surface area contributed by atoms with Crippen LogP contribution in [-0.4, -0.2) is 52.8 Å². The van der Waals surface area contributed by atoms with Crippen molar-refractivity contribution in [1.82, 2.24) is 14.8 Å². The van der Waals surface area contributed by atoms with Crippen LogP contribution >= 0.6 is 11.6 Å². The number of nitrogens with one attached hydrogen (secondary N) is 1. The molecule has 1 aliphatic heterocycles. The van der Waals surface area contributed by atoms with Gasteiger partial charge in [0.15, 0.2) is 0 Å². The highest BCUT2D eigenvalue weighted by Crippen LogP contribution is 2.25. The van der Waals surface area contributed by atoms with Crippen molar-refractivity contribution in [3.8, 4) is 0 Å². The number of aromatic nitrogens is 1. The van der Waals surface area contributed by atoms with E-state index in [1.54, 1.807) is 30.0 Å². The van der Waals surface area contributed by atoms with E-state index in [0.29, 0.717) is 17.9 Å². The number of benzene rings is 2. The van der Waals surface area contributed by atoms with Crippen molar-refractivity contribution in [3.05, 3.63) is 70.9 Å². The third-order valence-electron chi connectivity index (χ3n) is 5.61. The molecule has 3 aromatic rings. The highest BCUT2D eigenvalue weighted by Gasteiger charge is 2.42. The summed E-state index contributed by atoms with van der Waals surface area (Å²) in [5.41, 5.74) is 3.01. The van der Waals surface area contributed by atoms with E-state index in [1.807, 2.05) is 48.7 Å². The molecule has 2 atom stereocenters. The van der Waals surface area contributed by atoms with Crippen LogP contribution in [0.4, 0.5) is 0 Å². The number of hydrogen-bond acceptors (Lipinski definition) is 2. The molecule has 4 rings (SSSR count). The Morgan fingerprint density at radius 3 is 2.32 bits per heavy atom. The summed E-state index contributed by atoms with van der Waals surface area (Å²) in [7, 11) is 3.43. The molecule has 144 valence electrons. The fraction of sp³-hybridized carbons (Fsp3) is 0.273. The smallest absolute Gasteiger partial charge is 0.246 e. The van der Waals surface area contributed by atoms with Crippen molar-refractivity contribution in [2.75, 3.05) is 14.1 Å². The van der Waals surface area contributed by atoms with Crippen LogP contribution in [0.15, 0.2) is 54.7 Å². The predicted octanol–water partition coefficient (Wildman–Crippen LogP) is 3.27. The first-order chi connectivity index (χ1) is 13.5. The maximum Gasteiger partial charge on any atom is 0.246 e. The molecule has 0 radical (unpaired) electrons. The van der Waals surface area contributed by atoms with Gasteiger partial charge in [0.2, 0.25) is 11.8 Å². The number of fused-ring (bicyclic) bond motifs is 1. The van der Waals surface area contributed by atoms with Crippen LogP contribution in [0.3, 0.4) is 0 Å². The molecule has 1 aliphatic rings. The number of halogens is 1. The van der Waals surface area contributed by atoms with Crippen molar-refractivity contribution >= 4 is 34.3 Å². The van der Waals surface area contributed by atoms with Crippen LogP contribution in [0, 0.1) is 0 Å². The van der Waals surface area contributed by atoms with Crippen molar-refractivity contribution in [2.45, 2.75) is 24.9 Å². The molecule has 2 aromatic carbocycles. The Hall–Kier alpha value is -2.79. The normalized spacial score (nSPS) is 20.2. The molecule has 0 spiro atoms. The zero-order valence-corrected chi connectivity index (χ0v) is 16.6. The highest BCUT2D eigenvalue weighted by atomic mass is 35.5. The predicted molar refractivity (Wildman–Crippen MR) is 110 cm³/mol. The number of nitrogens with zero attached hydrogens (tertiary/aromatic N) is 2. The number of amides is 2. The van der Waals surface area contributed by atoms with Crippen molar-refractivity contribution in [3.63, 3.8) is 0 Å². The Morgan fingerprint density at radius 2 is 1.61 bits per heavy atom. The standard InChI is InChI=1S/C22H22ClN3O2/c1-25-19(11-14-6-5-7-16(23)10-14)21(27)26(2)20(22(25)28)12-15-13-24-18-9-4-3-8-17(15)18/h3-10,13,19-20,24H,11-12H2,1-2H3/t19-,20-/m0/s1. The second kappa shape index (κ2) is 7.32. The Morgan fingerprint density at radius 1 is 0.929 bits per heavy atom. The first-order valence-electron chi connectivity index (χ1n) is 9.28. The number of hydrogen-bond donors (Lipinski definition) is 1. The van der Waals surface area contributed by atoms with Crippen LogP contribution in [0.2, 0.25) is 5.02 Å². The minimum atomic E-state index is -0.518. The van der Waals surface area contributed by atoms with Gasteiger partial charge >= 0.3 is 0 Å². The lowest BCUT2D eigenvalue weighted by molar-refractivity contribution is -0.158. The van der Waals surface area contributed by atoms with Gasteiger partial charge in [0.25, 0.3) is 0 Å². The lowest BCUT2D eigenvalue weighted by atomic mass is 9.95. The maximum absolute atomic E-state index is 13.1. The van der Waals surface area contributed by atoms with E-state index in [1.165, 1.54) is 0 Å². The van der Waals surface area contributed by atoms with Gasteiger partial charge in [0.05, 0.1) is 0 Å². The number of aromatic amines is 1. The molecule has 6 heteroatoms. The third kappa shape index (κ3) is 3.27. The average Bonchev–Trinajstić information content (AvgIpc) is 3.10. The van der Waals surface area contributed by atoms with Crippen molar-refractivity contribution in [2.24, 2.45) is 0 Å². The van der Waals surface area contributed by atoms with Gasteiger partial charge in [-0.2, -0.15) is 0 Å². The zero-order chi connectivity index (χ0) is 19.8. The van der Waals surface area contributed by atoms with Gasteiger partial charge in [-0.05, 0) is 29.3 Å². The van der Waals surface area contributed by atoms with E-state index in [4.69, 9.17) is 11.6 Å². The van der Waals surface area contributed by atoms with E-state index in [0.717, 1.165) is 22.0 Å². The summed E-state index contributed by atoms with van der Waals surface area (Å²) in [6.45, 7) is 0. The first-order valence-corrected chi connectivity index (χ1v) is 9.66. The zero-order valence-electron chi connectivity index (χ0n) is 15.9. The molecule has 0 aliphatic carbocycles. The molecular weight excluding hydrogens is 374 g/mol. The summed E-state index contributed by atoms with van der Waals surface area (Å²) in [6, 6.07) is 14.4. The molecule has 2 heterocycles. The Bertz CT molecular complexity index is 1040. The van der Waals surface area contributed by atoms with Crippen LogP contribution in [0.5, 0.6) is 0 Å². The molecule has 5 nitrogen and oxygen atoms in total. The number of H-pyrrole nitrogens is 1. The van der Waals surface area contributed by atoms with Crippen LogP contribution in [-0.2, 0) is 22.4 Å². The van der Waals surface area contributed by atoms with Crippen LogP contribution < -0.4 is 0 Å². The van der Waals surface area contributed by atoms with Crippen LogP contribution in [0.25, 0.3) is 10.9 Å². The summed E-state index contributed by atoms with van der Waals surface area (Å²) in [6.07, 6.45) is 2.86. The number of para-hydroxylation sites is 1. The summed E-state index contributed by atoms with van der Waals surface area (Å²) >= 11 is 6.06. The second-order valence-electron chi connectivity index (χ2n) is 7.33. The van der Waals surface area contributed by atoms with Crippen molar-refractivity contribution < 1.29 is 9.59 Å². The molecule has 1 fully saturated rings. The molecular formula is C22H22ClN3O2. The molecule has 28 heavy (non-hydrogen) atoms. The fourth-order valence-electron chi connectivity index (χ4n) is 3.95. The lowest BCUT2D eigenvalue weighted by Crippen LogP contribution is -2.63. The SMILES string of the molecule is CN1C(=O)[C@H](Cc2c[nH]c3ccccc23)N(C)C(=O)[C@@H]1Cc1cccc(Cl)c1. The molecule has 1 N–H and O–H groups in total. The Kier molecular flexibility index (Phi) is 4.85. The molecule has 1 aromatic heterocycles. The first kappa shape index (κ1) is 18.6. The summed E-state index contributed by atoms with van der Waals surface area (Å²) < 4.78 is 0. The van der Waals surface area contributed by atoms with Gasteiger partial charge in [-0.15, -0.1) is 0 Å². The summed E-state index contributed by atoms with van der Waals surface area (Å²) in [5, 5.41) is 1.71. The van der Waals surface area contributed by atoms with Gasteiger partial charge in [-0.3, -0.25) is 9.59 Å². The van der Waals surface area contributed by atoms with Gasteiger partial charge < -0.3 is 14.8 Å². The van der Waals surface area contributed by atoms with Gasteiger partial charge in [0.1, 0.15) is 12.1 Å². The quantitative estimate of drug-likeness (QED) is 0.737. The molecule has 2 amide bonds. The van der Waals surface area contributed by atoms with E-state index >= 15 is 0 Å². The number of likely N-dealkylation sites (N-methyl/N-ethyl adjacent to an activating group) is 2. The summed E-state index contributed by atoms with van der Waals surface area (Å²) in [5.74, 6) is -0.0914. The van der Waals surface area contributed by atoms with Gasteiger partial charge in [0, 0.05) is 49.1 Å². The van der Waals surface area contributed by atoms with E-state index < -0.39 is 12.1 Å². The number of rotatable bonds is 4. The van der Waals surface area contributed by atoms with E-state index in [-0.39, 0.29) is 11.8 Å². The number of carbonyl (C=O) groups excluding carboxylic acids is 2. The van der Waals surface area contributed by atoms with Gasteiger partial charge in [-0.1, -0.05) is 41.9 Å². The fourth-order valence-corrected chi connectivity index (χ4v) is 4.17. The number of carbonyl (C=O) groups is 2. The minimum Gasteiger partial charge on any atom is -0.361 e. The van der Waals surface area contributed by atoms with E-state index in [2.05, 4.69) is 4.98 Å². The summed E-state index contributed by atoms with van der Waals surface area (Å²) in [4.78, 5) is 32.6. The number of piperazine rings is 1. The Labute approximate surface area is 168 Å². The van der Waals surface area contributed by atoms with Crippen LogP contribution in [0.1, 0.15) is 11.1 Å². The largest absolute Gasteiger partial charge is 0.361 e. The molecule has 0 saturated carbocycles. The monoisotopic (exact) mass is 395 g/mol. The third-order valence-corrected chi connectivity index (χ3v) is 5.84. The highest BCUT2D eigenvalue weighted by molar-refractivity contribution is 6.30.